The maximum Gasteiger partial charge on any atom is 0.291 e. The van der Waals surface area contributed by atoms with E-state index in [1.165, 1.54) is 6.07 Å². The molecule has 0 spiro atoms. The van der Waals surface area contributed by atoms with Gasteiger partial charge in [-0.1, -0.05) is 39.0 Å². The van der Waals surface area contributed by atoms with E-state index in [1.807, 2.05) is 20.8 Å². The first-order chi connectivity index (χ1) is 9.38. The summed E-state index contributed by atoms with van der Waals surface area (Å²) in [6.07, 6.45) is 0. The third-order valence-electron chi connectivity index (χ3n) is 2.80. The van der Waals surface area contributed by atoms with Gasteiger partial charge in [0.2, 0.25) is 5.82 Å². The van der Waals surface area contributed by atoms with E-state index in [9.17, 15) is 9.18 Å². The fourth-order valence-electron chi connectivity index (χ4n) is 1.60. The maximum atomic E-state index is 13.4. The monoisotopic (exact) mass is 276 g/mol. The second-order valence-electron chi connectivity index (χ2n) is 5.53. The second-order valence-corrected chi connectivity index (χ2v) is 5.53. The number of nitrogens with one attached hydrogen (secondary N) is 2. The average Bonchev–Trinajstić information content (AvgIpc) is 2.87. The Morgan fingerprint density at radius 2 is 2.05 bits per heavy atom. The Kier molecular flexibility index (Phi) is 3.83. The largest absolute Gasteiger partial charge is 0.345 e. The lowest BCUT2D eigenvalue weighted by molar-refractivity contribution is 0.0940. The van der Waals surface area contributed by atoms with E-state index in [-0.39, 0.29) is 23.6 Å². The van der Waals surface area contributed by atoms with Gasteiger partial charge in [-0.05, 0) is 6.07 Å². The third kappa shape index (κ3) is 3.20. The molecule has 0 bridgehead atoms. The zero-order chi connectivity index (χ0) is 14.8. The lowest BCUT2D eigenvalue weighted by atomic mass is 9.96. The van der Waals surface area contributed by atoms with Gasteiger partial charge >= 0.3 is 0 Å². The number of nitrogens with zero attached hydrogens (tertiary/aromatic N) is 2. The Bertz CT molecular complexity index is 616. The number of hydrogen-bond donors (Lipinski definition) is 2. The standard InChI is InChI=1S/C14H17FN4O/c1-14(2,3)13-17-11(18-19-13)12(20)16-8-9-6-4-5-7-10(9)15/h4-7H,8H2,1-3H3,(H,16,20)(H,17,18,19). The summed E-state index contributed by atoms with van der Waals surface area (Å²) in [6.45, 7) is 6.00. The van der Waals surface area contributed by atoms with Gasteiger partial charge in [-0.25, -0.2) is 9.37 Å². The van der Waals surface area contributed by atoms with Crippen molar-refractivity contribution in [3.05, 3.63) is 47.3 Å². The minimum absolute atomic E-state index is 0.0614. The Morgan fingerprint density at radius 3 is 2.65 bits per heavy atom. The normalized spacial score (nSPS) is 11.4. The molecule has 5 nitrogen and oxygen atoms in total. The van der Waals surface area contributed by atoms with Gasteiger partial charge in [0, 0.05) is 17.5 Å². The smallest absolute Gasteiger partial charge is 0.291 e. The first kappa shape index (κ1) is 14.2. The van der Waals surface area contributed by atoms with Crippen molar-refractivity contribution >= 4 is 5.91 Å². The molecule has 0 fully saturated rings. The number of carbonyl (C=O) groups excluding carboxylic acids is 1. The molecule has 106 valence electrons. The molecule has 2 N–H and O–H groups in total. The molecule has 1 aromatic heterocycles. The number of hydrogen-bond acceptors (Lipinski definition) is 3. The molecule has 0 radical (unpaired) electrons. The van der Waals surface area contributed by atoms with Crippen LogP contribution in [0.5, 0.6) is 0 Å². The van der Waals surface area contributed by atoms with Crippen molar-refractivity contribution in [1.82, 2.24) is 20.5 Å². The van der Waals surface area contributed by atoms with Crippen molar-refractivity contribution in [2.45, 2.75) is 32.7 Å². The minimum atomic E-state index is -0.431. The summed E-state index contributed by atoms with van der Waals surface area (Å²) >= 11 is 0. The van der Waals surface area contributed by atoms with Gasteiger partial charge in [0.05, 0.1) is 0 Å². The van der Waals surface area contributed by atoms with Gasteiger partial charge in [-0.2, -0.15) is 0 Å². The number of aromatic nitrogens is 3. The van der Waals surface area contributed by atoms with Crippen LogP contribution in [0.25, 0.3) is 0 Å². The lowest BCUT2D eigenvalue weighted by Gasteiger charge is -2.12. The molecule has 0 aliphatic carbocycles. The quantitative estimate of drug-likeness (QED) is 0.902. The molecule has 2 rings (SSSR count). The van der Waals surface area contributed by atoms with Crippen LogP contribution < -0.4 is 5.32 Å². The number of benzene rings is 1. The van der Waals surface area contributed by atoms with Crippen molar-refractivity contribution in [2.24, 2.45) is 0 Å². The zero-order valence-corrected chi connectivity index (χ0v) is 11.7. The first-order valence-corrected chi connectivity index (χ1v) is 6.32. The van der Waals surface area contributed by atoms with Crippen molar-refractivity contribution in [1.29, 1.82) is 0 Å². The van der Waals surface area contributed by atoms with E-state index in [1.54, 1.807) is 18.2 Å². The summed E-state index contributed by atoms with van der Waals surface area (Å²) < 4.78 is 13.4. The molecule has 0 unspecified atom stereocenters. The molecule has 1 amide bonds. The van der Waals surface area contributed by atoms with Gasteiger partial charge in [0.1, 0.15) is 11.6 Å². The van der Waals surface area contributed by atoms with Crippen LogP contribution in [0.4, 0.5) is 4.39 Å². The molecular weight excluding hydrogens is 259 g/mol. The highest BCUT2D eigenvalue weighted by molar-refractivity contribution is 5.90. The van der Waals surface area contributed by atoms with Crippen LogP contribution in [0.2, 0.25) is 0 Å². The average molecular weight is 276 g/mol. The summed E-state index contributed by atoms with van der Waals surface area (Å²) in [5.74, 6) is -0.0852. The zero-order valence-electron chi connectivity index (χ0n) is 11.7. The van der Waals surface area contributed by atoms with Gasteiger partial charge in [0.15, 0.2) is 0 Å². The molecular formula is C14H17FN4O. The molecule has 0 saturated heterocycles. The molecule has 20 heavy (non-hydrogen) atoms. The second kappa shape index (κ2) is 5.40. The van der Waals surface area contributed by atoms with Crippen molar-refractivity contribution in [2.75, 3.05) is 0 Å². The van der Waals surface area contributed by atoms with Crippen LogP contribution in [0.3, 0.4) is 0 Å². The lowest BCUT2D eigenvalue weighted by Crippen LogP contribution is -2.24. The Hall–Kier alpha value is -2.24. The van der Waals surface area contributed by atoms with Gasteiger partial charge < -0.3 is 5.32 Å². The summed E-state index contributed by atoms with van der Waals surface area (Å²) in [5.41, 5.74) is 0.212. The molecule has 2 aromatic rings. The molecule has 0 atom stereocenters. The number of amides is 1. The Balaban J connectivity index is 2.02. The topological polar surface area (TPSA) is 70.7 Å². The molecule has 0 saturated carbocycles. The van der Waals surface area contributed by atoms with Crippen molar-refractivity contribution in [3.8, 4) is 0 Å². The van der Waals surface area contributed by atoms with Gasteiger partial charge in [0.25, 0.3) is 5.91 Å². The van der Waals surface area contributed by atoms with Crippen LogP contribution in [0, 0.1) is 5.82 Å². The predicted molar refractivity (Wildman–Crippen MR) is 72.7 cm³/mol. The molecule has 0 aliphatic rings. The molecule has 1 heterocycles. The highest BCUT2D eigenvalue weighted by Gasteiger charge is 2.21. The fraction of sp³-hybridized carbons (Fsp3) is 0.357. The van der Waals surface area contributed by atoms with Gasteiger partial charge in [-0.3, -0.25) is 9.89 Å². The number of carbonyl (C=O) groups is 1. The van der Waals surface area contributed by atoms with E-state index >= 15 is 0 Å². The van der Waals surface area contributed by atoms with E-state index < -0.39 is 5.91 Å². The van der Waals surface area contributed by atoms with E-state index in [4.69, 9.17) is 0 Å². The highest BCUT2D eigenvalue weighted by Crippen LogP contribution is 2.17. The Labute approximate surface area is 116 Å². The molecule has 0 aliphatic heterocycles. The van der Waals surface area contributed by atoms with Crippen LogP contribution in [-0.2, 0) is 12.0 Å². The maximum absolute atomic E-state index is 13.4. The van der Waals surface area contributed by atoms with E-state index in [0.29, 0.717) is 11.4 Å². The van der Waals surface area contributed by atoms with Crippen LogP contribution in [0.1, 0.15) is 42.8 Å². The van der Waals surface area contributed by atoms with Gasteiger partial charge in [-0.15, -0.1) is 5.10 Å². The van der Waals surface area contributed by atoms with Crippen LogP contribution in [-0.4, -0.2) is 21.1 Å². The number of H-pyrrole nitrogens is 1. The summed E-state index contributed by atoms with van der Waals surface area (Å²) in [6, 6.07) is 6.29. The predicted octanol–water partition coefficient (Wildman–Crippen LogP) is 2.17. The van der Waals surface area contributed by atoms with E-state index in [2.05, 4.69) is 20.5 Å². The minimum Gasteiger partial charge on any atom is -0.345 e. The first-order valence-electron chi connectivity index (χ1n) is 6.32. The highest BCUT2D eigenvalue weighted by atomic mass is 19.1. The summed E-state index contributed by atoms with van der Waals surface area (Å²) in [4.78, 5) is 16.0. The van der Waals surface area contributed by atoms with Crippen molar-refractivity contribution in [3.63, 3.8) is 0 Å². The molecule has 6 heteroatoms. The Morgan fingerprint density at radius 1 is 1.35 bits per heavy atom. The van der Waals surface area contributed by atoms with Crippen molar-refractivity contribution < 1.29 is 9.18 Å². The number of aromatic amines is 1. The number of rotatable bonds is 3. The van der Waals surface area contributed by atoms with Crippen LogP contribution >= 0.6 is 0 Å². The summed E-state index contributed by atoms with van der Waals surface area (Å²) in [7, 11) is 0. The summed E-state index contributed by atoms with van der Waals surface area (Å²) in [5, 5.41) is 9.21. The SMILES string of the molecule is CC(C)(C)c1nc(C(=O)NCc2ccccc2F)n[nH]1. The molecule has 1 aromatic carbocycles. The number of halogens is 1. The fourth-order valence-corrected chi connectivity index (χ4v) is 1.60. The van der Waals surface area contributed by atoms with E-state index in [0.717, 1.165) is 0 Å². The third-order valence-corrected chi connectivity index (χ3v) is 2.80. The van der Waals surface area contributed by atoms with Crippen LogP contribution in [0.15, 0.2) is 24.3 Å².